The molecule has 0 aromatic heterocycles. The van der Waals surface area contributed by atoms with E-state index in [1.807, 2.05) is 115 Å². The van der Waals surface area contributed by atoms with Crippen molar-refractivity contribution in [1.29, 1.82) is 0 Å². The summed E-state index contributed by atoms with van der Waals surface area (Å²) in [5.74, 6) is 1.45. The van der Waals surface area contributed by atoms with Crippen LogP contribution < -0.4 is 19.7 Å². The fourth-order valence-electron chi connectivity index (χ4n) is 7.57. The molecule has 0 unspecified atom stereocenters. The summed E-state index contributed by atoms with van der Waals surface area (Å²) in [6, 6.07) is 40.8. The average Bonchev–Trinajstić information content (AvgIpc) is 3.30. The zero-order valence-electron chi connectivity index (χ0n) is 35.2. The molecular weight excluding hydrogens is 755 g/mol. The lowest BCUT2D eigenvalue weighted by atomic mass is 9.77. The molecule has 2 N–H and O–H groups in total. The molecule has 6 rings (SSSR count). The number of ether oxygens (including phenoxy) is 3. The van der Waals surface area contributed by atoms with Gasteiger partial charge in [-0.1, -0.05) is 61.0 Å². The first-order valence-electron chi connectivity index (χ1n) is 20.6. The van der Waals surface area contributed by atoms with Crippen LogP contribution >= 0.6 is 0 Å². The highest BCUT2D eigenvalue weighted by Crippen LogP contribution is 2.44. The molecule has 0 saturated carbocycles. The smallest absolute Gasteiger partial charge is 0.251 e. The number of piperidine rings is 1. The molecule has 0 atom stereocenters. The Labute approximate surface area is 354 Å². The summed E-state index contributed by atoms with van der Waals surface area (Å²) in [5, 5.41) is 22.4. The van der Waals surface area contributed by atoms with Crippen LogP contribution in [0.1, 0.15) is 65.6 Å². The van der Waals surface area contributed by atoms with Crippen LogP contribution in [0.4, 0.5) is 17.1 Å². The number of benzene rings is 5. The van der Waals surface area contributed by atoms with Gasteiger partial charge in [-0.05, 0) is 115 Å². The number of carbonyl (C=O) groups is 2. The number of aliphatic hydroxyl groups excluding tert-OH is 1. The second-order valence-corrected chi connectivity index (χ2v) is 15.6. The van der Waals surface area contributed by atoms with Gasteiger partial charge in [-0.2, -0.15) is 10.2 Å². The standard InChI is InChI=1S/C49H57N5O6/c1-53(2)43-24-22-42(23-25-43)52-51-41-20-14-37(15-21-41)47(57)50-32-10-6-9-13-46(56)54-33-30-48(35-55,31-34-54)36-60-49(38-11-7-5-8-12-38,39-16-26-44(58-3)27-17-39)40-18-28-45(59-4)29-19-40/h5,7-8,11-12,14-29,55H,6,9-10,13,30-36H2,1-4H3,(H,50,57)/b52-51+. The number of unbranched alkanes of at least 4 members (excludes halogenated alkanes) is 2. The van der Waals surface area contributed by atoms with Crippen LogP contribution in [0.25, 0.3) is 0 Å². The number of hydrogen-bond acceptors (Lipinski definition) is 9. The predicted molar refractivity (Wildman–Crippen MR) is 236 cm³/mol. The number of carbonyl (C=O) groups excluding carboxylic acids is 2. The third-order valence-electron chi connectivity index (χ3n) is 11.4. The number of rotatable bonds is 19. The van der Waals surface area contributed by atoms with Gasteiger partial charge in [0.2, 0.25) is 5.91 Å². The second kappa shape index (κ2) is 20.8. The number of nitrogens with one attached hydrogen (secondary N) is 1. The lowest BCUT2D eigenvalue weighted by Crippen LogP contribution is -2.48. The first-order valence-corrected chi connectivity index (χ1v) is 20.6. The minimum absolute atomic E-state index is 0.0570. The molecule has 1 saturated heterocycles. The van der Waals surface area contributed by atoms with Gasteiger partial charge in [-0.25, -0.2) is 0 Å². The number of aliphatic hydroxyl groups is 1. The van der Waals surface area contributed by atoms with Crippen molar-refractivity contribution >= 4 is 28.9 Å². The van der Waals surface area contributed by atoms with Gasteiger partial charge in [0.25, 0.3) is 5.91 Å². The van der Waals surface area contributed by atoms with Gasteiger partial charge in [-0.15, -0.1) is 0 Å². The van der Waals surface area contributed by atoms with E-state index in [-0.39, 0.29) is 25.0 Å². The molecular formula is C49H57N5O6. The van der Waals surface area contributed by atoms with Crippen molar-refractivity contribution < 1.29 is 28.9 Å². The van der Waals surface area contributed by atoms with Gasteiger partial charge in [-0.3, -0.25) is 9.59 Å². The largest absolute Gasteiger partial charge is 0.497 e. The van der Waals surface area contributed by atoms with E-state index >= 15 is 0 Å². The summed E-state index contributed by atoms with van der Waals surface area (Å²) < 4.78 is 18.1. The zero-order chi connectivity index (χ0) is 42.4. The number of likely N-dealkylation sites (tertiary alicyclic amines) is 1. The second-order valence-electron chi connectivity index (χ2n) is 15.6. The molecule has 1 aliphatic heterocycles. The molecule has 2 amide bonds. The highest BCUT2D eigenvalue weighted by atomic mass is 16.5. The lowest BCUT2D eigenvalue weighted by molar-refractivity contribution is -0.137. The average molecular weight is 812 g/mol. The van der Waals surface area contributed by atoms with Crippen LogP contribution in [0.3, 0.4) is 0 Å². The van der Waals surface area contributed by atoms with Crippen LogP contribution in [0, 0.1) is 5.41 Å². The predicted octanol–water partition coefficient (Wildman–Crippen LogP) is 9.09. The molecule has 5 aromatic rings. The molecule has 0 radical (unpaired) electrons. The Hall–Kier alpha value is -6.04. The lowest BCUT2D eigenvalue weighted by Gasteiger charge is -2.44. The molecule has 0 bridgehead atoms. The van der Waals surface area contributed by atoms with Gasteiger partial charge in [0, 0.05) is 56.8 Å². The Morgan fingerprint density at radius 2 is 1.25 bits per heavy atom. The number of nitrogens with zero attached hydrogens (tertiary/aromatic N) is 4. The summed E-state index contributed by atoms with van der Waals surface area (Å²) in [4.78, 5) is 30.0. The molecule has 5 aromatic carbocycles. The van der Waals surface area contributed by atoms with E-state index in [1.165, 1.54) is 0 Å². The number of hydrogen-bond donors (Lipinski definition) is 2. The topological polar surface area (TPSA) is 125 Å². The first-order chi connectivity index (χ1) is 29.2. The van der Waals surface area contributed by atoms with Crippen LogP contribution in [-0.2, 0) is 15.1 Å². The van der Waals surface area contributed by atoms with Crippen molar-refractivity contribution in [3.8, 4) is 11.5 Å². The van der Waals surface area contributed by atoms with Gasteiger partial charge in [0.05, 0.1) is 38.8 Å². The van der Waals surface area contributed by atoms with Gasteiger partial charge in [0.1, 0.15) is 17.1 Å². The summed E-state index contributed by atoms with van der Waals surface area (Å²) in [6.45, 7) is 1.85. The van der Waals surface area contributed by atoms with E-state index in [1.54, 1.807) is 38.5 Å². The van der Waals surface area contributed by atoms with Crippen molar-refractivity contribution in [2.75, 3.05) is 66.1 Å². The molecule has 11 heteroatoms. The van der Waals surface area contributed by atoms with Gasteiger partial charge >= 0.3 is 0 Å². The van der Waals surface area contributed by atoms with Crippen molar-refractivity contribution in [2.24, 2.45) is 15.6 Å². The van der Waals surface area contributed by atoms with Crippen molar-refractivity contribution in [1.82, 2.24) is 10.2 Å². The van der Waals surface area contributed by atoms with E-state index in [9.17, 15) is 14.7 Å². The Kier molecular flexibility index (Phi) is 15.1. The van der Waals surface area contributed by atoms with Gasteiger partial charge < -0.3 is 34.4 Å². The molecule has 60 heavy (non-hydrogen) atoms. The van der Waals surface area contributed by atoms with Crippen LogP contribution in [-0.4, -0.2) is 83.0 Å². The SMILES string of the molecule is COc1ccc(C(OCC2(CO)CCN(C(=O)CCCCCNC(=O)c3ccc(/N=N/c4ccc(N(C)C)cc4)cc3)CC2)(c2ccccc2)c2ccc(OC)cc2)cc1. The Bertz CT molecular complexity index is 2090. The Balaban J connectivity index is 0.980. The summed E-state index contributed by atoms with van der Waals surface area (Å²) in [7, 11) is 7.27. The monoisotopic (exact) mass is 811 g/mol. The van der Waals surface area contributed by atoms with Crippen molar-refractivity contribution in [3.05, 3.63) is 150 Å². The molecule has 1 fully saturated rings. The number of amides is 2. The molecule has 11 nitrogen and oxygen atoms in total. The number of methoxy groups -OCH3 is 2. The van der Waals surface area contributed by atoms with Crippen molar-refractivity contribution in [2.45, 2.75) is 44.1 Å². The third-order valence-corrected chi connectivity index (χ3v) is 11.4. The van der Waals surface area contributed by atoms with Crippen LogP contribution in [0.2, 0.25) is 0 Å². The minimum Gasteiger partial charge on any atom is -0.497 e. The Morgan fingerprint density at radius 1 is 0.717 bits per heavy atom. The van der Waals surface area contributed by atoms with Gasteiger partial charge in [0.15, 0.2) is 0 Å². The normalized spacial score (nSPS) is 13.8. The fourth-order valence-corrected chi connectivity index (χ4v) is 7.57. The van der Waals surface area contributed by atoms with E-state index in [2.05, 4.69) is 27.7 Å². The maximum absolute atomic E-state index is 13.3. The van der Waals surface area contributed by atoms with E-state index < -0.39 is 11.0 Å². The molecule has 0 spiro atoms. The minimum atomic E-state index is -0.994. The Morgan fingerprint density at radius 3 is 1.77 bits per heavy atom. The summed E-state index contributed by atoms with van der Waals surface area (Å²) in [6.07, 6.45) is 4.01. The number of azo groups is 1. The quantitative estimate of drug-likeness (QED) is 0.0484. The molecule has 314 valence electrons. The summed E-state index contributed by atoms with van der Waals surface area (Å²) in [5.41, 5.74) is 4.34. The maximum atomic E-state index is 13.3. The van der Waals surface area contributed by atoms with Crippen LogP contribution in [0.5, 0.6) is 11.5 Å². The molecule has 1 heterocycles. The van der Waals surface area contributed by atoms with Crippen molar-refractivity contribution in [3.63, 3.8) is 0 Å². The molecule has 1 aliphatic rings. The van der Waals surface area contributed by atoms with E-state index in [0.717, 1.165) is 58.8 Å². The third kappa shape index (κ3) is 10.8. The highest BCUT2D eigenvalue weighted by molar-refractivity contribution is 5.94. The highest BCUT2D eigenvalue weighted by Gasteiger charge is 2.43. The zero-order valence-corrected chi connectivity index (χ0v) is 35.2. The summed E-state index contributed by atoms with van der Waals surface area (Å²) >= 11 is 0. The maximum Gasteiger partial charge on any atom is 0.251 e. The number of anilines is 1. The first kappa shape index (κ1) is 43.5. The fraction of sp³-hybridized carbons (Fsp3) is 0.347. The van der Waals surface area contributed by atoms with Crippen LogP contribution in [0.15, 0.2) is 138 Å². The van der Waals surface area contributed by atoms with E-state index in [4.69, 9.17) is 14.2 Å². The molecule has 0 aliphatic carbocycles. The van der Waals surface area contributed by atoms with E-state index in [0.29, 0.717) is 50.1 Å².